The van der Waals surface area contributed by atoms with Gasteiger partial charge in [0, 0.05) is 84.9 Å². The Hall–Kier alpha value is -5.29. The van der Waals surface area contributed by atoms with E-state index in [-0.39, 0.29) is 17.4 Å². The fraction of sp³-hybridized carbons (Fsp3) is 0.390. The van der Waals surface area contributed by atoms with Gasteiger partial charge in [0.2, 0.25) is 5.91 Å². The highest BCUT2D eigenvalue weighted by molar-refractivity contribution is 5.78. The number of benzene rings is 1. The first kappa shape index (κ1) is 39.5. The number of hydrogen-bond donors (Lipinski definition) is 2. The van der Waals surface area contributed by atoms with Crippen LogP contribution in [0.15, 0.2) is 91.0 Å². The number of anilines is 1. The molecule has 2 saturated heterocycles. The first-order valence-electron chi connectivity index (χ1n) is 18.1. The Morgan fingerprint density at radius 1 is 1.13 bits per heavy atom. The van der Waals surface area contributed by atoms with Crippen LogP contribution >= 0.6 is 0 Å². The van der Waals surface area contributed by atoms with Crippen molar-refractivity contribution < 1.29 is 9.53 Å². The molecule has 11 nitrogen and oxygen atoms in total. The van der Waals surface area contributed by atoms with Crippen LogP contribution in [0.5, 0.6) is 0 Å². The molecule has 2 unspecified atom stereocenters. The van der Waals surface area contributed by atoms with E-state index in [1.165, 1.54) is 6.40 Å². The SMILES string of the molecule is C=CCC1(C(=C)NC(C)/C=c2/c(C(/C=C\N=COC)=C/C)n[nH]c2=C)CCN(CC(=O)N2CCN(c3ccc(-c4ncccn4)cc3)CC2)C1.CC. The summed E-state index contributed by atoms with van der Waals surface area (Å²) in [5.41, 5.74) is 4.57. The third kappa shape index (κ3) is 9.94. The lowest BCUT2D eigenvalue weighted by Gasteiger charge is -2.37. The van der Waals surface area contributed by atoms with Gasteiger partial charge >= 0.3 is 0 Å². The lowest BCUT2D eigenvalue weighted by atomic mass is 9.80. The maximum absolute atomic E-state index is 13.5. The topological polar surface area (TPSA) is 115 Å². The number of aliphatic imine (C=N–C) groups is 1. The summed E-state index contributed by atoms with van der Waals surface area (Å²) in [6, 6.07) is 10.1. The van der Waals surface area contributed by atoms with E-state index < -0.39 is 0 Å². The molecule has 0 bridgehead atoms. The lowest BCUT2D eigenvalue weighted by molar-refractivity contribution is -0.132. The van der Waals surface area contributed by atoms with Gasteiger partial charge in [0.15, 0.2) is 12.2 Å². The number of piperazine rings is 1. The van der Waals surface area contributed by atoms with Gasteiger partial charge in [-0.3, -0.25) is 14.8 Å². The number of methoxy groups -OCH3 is 1. The lowest BCUT2D eigenvalue weighted by Crippen LogP contribution is -2.51. The monoisotopic (exact) mass is 705 g/mol. The van der Waals surface area contributed by atoms with Crippen LogP contribution in [-0.4, -0.2) is 101 Å². The van der Waals surface area contributed by atoms with Gasteiger partial charge in [0.05, 0.1) is 24.7 Å². The molecule has 0 saturated carbocycles. The van der Waals surface area contributed by atoms with E-state index >= 15 is 0 Å². The van der Waals surface area contributed by atoms with Crippen molar-refractivity contribution in [1.82, 2.24) is 35.3 Å². The third-order valence-electron chi connectivity index (χ3n) is 9.45. The van der Waals surface area contributed by atoms with Crippen molar-refractivity contribution in [3.8, 4) is 11.4 Å². The zero-order valence-electron chi connectivity index (χ0n) is 31.5. The summed E-state index contributed by atoms with van der Waals surface area (Å²) < 4.78 is 4.88. The van der Waals surface area contributed by atoms with Gasteiger partial charge in [-0.05, 0) is 75.2 Å². The van der Waals surface area contributed by atoms with Gasteiger partial charge in [-0.15, -0.1) is 6.58 Å². The largest absolute Gasteiger partial charge is 0.486 e. The number of aromatic nitrogens is 4. The number of nitrogens with one attached hydrogen (secondary N) is 2. The summed E-state index contributed by atoms with van der Waals surface area (Å²) in [5.74, 6) is 0.891. The fourth-order valence-corrected chi connectivity index (χ4v) is 6.72. The summed E-state index contributed by atoms with van der Waals surface area (Å²) in [4.78, 5) is 32.8. The molecule has 0 spiro atoms. The molecular formula is C41H55N9O2. The van der Waals surface area contributed by atoms with Crippen molar-refractivity contribution in [3.63, 3.8) is 0 Å². The van der Waals surface area contributed by atoms with E-state index in [0.29, 0.717) is 25.5 Å². The average Bonchev–Trinajstić information content (AvgIpc) is 3.76. The highest BCUT2D eigenvalue weighted by Crippen LogP contribution is 2.39. The van der Waals surface area contributed by atoms with Gasteiger partial charge in [-0.25, -0.2) is 15.0 Å². The van der Waals surface area contributed by atoms with Crippen molar-refractivity contribution in [2.75, 3.05) is 57.8 Å². The predicted octanol–water partition coefficient (Wildman–Crippen LogP) is 4.78. The molecule has 1 amide bonds. The Balaban J connectivity index is 0.00000297. The summed E-state index contributed by atoms with van der Waals surface area (Å²) in [6.45, 7) is 25.8. The van der Waals surface area contributed by atoms with Crippen molar-refractivity contribution in [2.45, 2.75) is 46.6 Å². The molecule has 0 aliphatic carbocycles. The highest BCUT2D eigenvalue weighted by atomic mass is 16.5. The van der Waals surface area contributed by atoms with E-state index in [2.05, 4.69) is 97.3 Å². The molecule has 3 aromatic rings. The van der Waals surface area contributed by atoms with E-state index in [0.717, 1.165) is 77.8 Å². The molecule has 0 radical (unpaired) electrons. The molecule has 276 valence electrons. The third-order valence-corrected chi connectivity index (χ3v) is 9.45. The summed E-state index contributed by atoms with van der Waals surface area (Å²) in [7, 11) is 1.56. The number of likely N-dealkylation sites (tertiary alicyclic amines) is 1. The number of amides is 1. The normalized spacial score (nSPS) is 19.1. The van der Waals surface area contributed by atoms with Crippen molar-refractivity contribution in [3.05, 3.63) is 102 Å². The van der Waals surface area contributed by atoms with Crippen LogP contribution in [-0.2, 0) is 9.53 Å². The van der Waals surface area contributed by atoms with Crippen LogP contribution < -0.4 is 20.8 Å². The number of nitrogens with zero attached hydrogens (tertiary/aromatic N) is 7. The second-order valence-corrected chi connectivity index (χ2v) is 12.8. The molecule has 1 aromatic carbocycles. The number of aromatic amines is 1. The minimum absolute atomic E-state index is 0.0514. The first-order valence-corrected chi connectivity index (χ1v) is 18.1. The molecule has 2 fully saturated rings. The molecule has 2 aromatic heterocycles. The second-order valence-electron chi connectivity index (χ2n) is 12.8. The number of carbonyl (C=O) groups excluding carboxylic acids is 1. The summed E-state index contributed by atoms with van der Waals surface area (Å²) in [6.07, 6.45) is 16.2. The molecule has 52 heavy (non-hydrogen) atoms. The minimum Gasteiger partial charge on any atom is -0.486 e. The van der Waals surface area contributed by atoms with Crippen LogP contribution in [0, 0.1) is 5.41 Å². The second kappa shape index (κ2) is 19.4. The number of allylic oxidation sites excluding steroid dienone is 4. The fourth-order valence-electron chi connectivity index (χ4n) is 6.72. The molecule has 11 heteroatoms. The zero-order chi connectivity index (χ0) is 37.5. The number of H-pyrrole nitrogens is 1. The van der Waals surface area contributed by atoms with E-state index in [1.54, 1.807) is 25.7 Å². The molecule has 2 atom stereocenters. The van der Waals surface area contributed by atoms with Gasteiger partial charge in [0.1, 0.15) is 0 Å². The molecule has 4 heterocycles. The smallest absolute Gasteiger partial charge is 0.236 e. The first-order chi connectivity index (χ1) is 25.3. The highest BCUT2D eigenvalue weighted by Gasteiger charge is 2.41. The van der Waals surface area contributed by atoms with E-state index in [1.807, 2.05) is 50.0 Å². The van der Waals surface area contributed by atoms with Crippen molar-refractivity contribution in [1.29, 1.82) is 0 Å². The average molecular weight is 706 g/mol. The number of carbonyl (C=O) groups is 1. The Kier molecular flexibility index (Phi) is 14.7. The van der Waals surface area contributed by atoms with Crippen LogP contribution in [0.1, 0.15) is 46.2 Å². The summed E-state index contributed by atoms with van der Waals surface area (Å²) in [5, 5.41) is 12.8. The zero-order valence-corrected chi connectivity index (χ0v) is 31.5. The standard InChI is InChI=1S/C39H49N9O2.C2H6/c1-7-15-39(31(5)43-29(3)25-35-30(4)44-45-37(35)32(8-2)14-19-40-28-50-6)16-20-46(27-39)26-36(49)48-23-21-47(22-24-48)34-12-10-33(11-13-34)38-41-17-9-18-42-38;1-2/h7-14,17-19,25,28-29,43-44H,1,4-5,15-16,20-24,26-27H2,2-3,6H3;1-2H3/b19-14-,32-8+,35-25+,40-28?;. The molecule has 2 aliphatic rings. The van der Waals surface area contributed by atoms with Gasteiger partial charge in [-0.1, -0.05) is 45.2 Å². The Morgan fingerprint density at radius 3 is 2.50 bits per heavy atom. The van der Waals surface area contributed by atoms with E-state index in [9.17, 15) is 4.79 Å². The van der Waals surface area contributed by atoms with Crippen LogP contribution in [0.2, 0.25) is 0 Å². The molecule has 2 N–H and O–H groups in total. The van der Waals surface area contributed by atoms with Crippen molar-refractivity contribution >= 4 is 36.2 Å². The van der Waals surface area contributed by atoms with Crippen LogP contribution in [0.3, 0.4) is 0 Å². The van der Waals surface area contributed by atoms with Crippen molar-refractivity contribution in [2.24, 2.45) is 10.4 Å². The number of ether oxygens (including phenoxy) is 1. The van der Waals surface area contributed by atoms with Crippen LogP contribution in [0.25, 0.3) is 29.6 Å². The van der Waals surface area contributed by atoms with Crippen LogP contribution in [0.4, 0.5) is 5.69 Å². The minimum atomic E-state index is -0.219. The van der Waals surface area contributed by atoms with Gasteiger partial charge < -0.3 is 19.9 Å². The van der Waals surface area contributed by atoms with E-state index in [4.69, 9.17) is 4.74 Å². The number of rotatable bonds is 14. The number of hydrogen-bond acceptors (Lipinski definition) is 9. The summed E-state index contributed by atoms with van der Waals surface area (Å²) >= 11 is 0. The Labute approximate surface area is 308 Å². The maximum Gasteiger partial charge on any atom is 0.236 e. The Morgan fingerprint density at radius 2 is 1.85 bits per heavy atom. The molecular weight excluding hydrogens is 651 g/mol. The van der Waals surface area contributed by atoms with Gasteiger partial charge in [-0.2, -0.15) is 5.10 Å². The predicted molar refractivity (Wildman–Crippen MR) is 214 cm³/mol. The molecule has 5 rings (SSSR count). The van der Waals surface area contributed by atoms with Gasteiger partial charge in [0.25, 0.3) is 0 Å². The quantitative estimate of drug-likeness (QED) is 0.107. The molecule has 2 aliphatic heterocycles. The maximum atomic E-state index is 13.5. The Bertz CT molecular complexity index is 1820.